The Kier molecular flexibility index (Phi) is 6.21. The fourth-order valence-electron chi connectivity index (χ4n) is 2.99. The molecule has 0 saturated heterocycles. The fraction of sp³-hybridized carbons (Fsp3) is 0.0870. The Balaban J connectivity index is 1.75. The predicted octanol–water partition coefficient (Wildman–Crippen LogP) is 5.89. The van der Waals surface area contributed by atoms with Crippen molar-refractivity contribution in [1.82, 2.24) is 14.8 Å². The van der Waals surface area contributed by atoms with Crippen LogP contribution in [0.1, 0.15) is 17.5 Å². The van der Waals surface area contributed by atoms with Crippen LogP contribution >= 0.6 is 23.2 Å². The van der Waals surface area contributed by atoms with E-state index in [1.165, 1.54) is 0 Å². The minimum absolute atomic E-state index is 0.00350. The predicted molar refractivity (Wildman–Crippen MR) is 122 cm³/mol. The van der Waals surface area contributed by atoms with Gasteiger partial charge in [-0.25, -0.2) is 9.67 Å². The van der Waals surface area contributed by atoms with Crippen LogP contribution in [-0.2, 0) is 0 Å². The molecule has 1 N–H and O–H groups in total. The number of anilines is 1. The lowest BCUT2D eigenvalue weighted by Gasteiger charge is -2.08. The average Bonchev–Trinajstić information content (AvgIpc) is 3.22. The molecule has 0 atom stereocenters. The third-order valence-electron chi connectivity index (χ3n) is 4.41. The van der Waals surface area contributed by atoms with Crippen molar-refractivity contribution in [1.29, 1.82) is 0 Å². The molecular weight excluding hydrogens is 435 g/mol. The molecule has 1 amide bonds. The van der Waals surface area contributed by atoms with E-state index in [-0.39, 0.29) is 5.82 Å². The molecule has 1 aromatic heterocycles. The quantitative estimate of drug-likeness (QED) is 0.395. The lowest BCUT2D eigenvalue weighted by molar-refractivity contribution is 0.101. The van der Waals surface area contributed by atoms with Gasteiger partial charge in [-0.1, -0.05) is 47.5 Å². The number of nitrogens with zero attached hydrogens (tertiary/aromatic N) is 3. The topological polar surface area (TPSA) is 69.0 Å². The Morgan fingerprint density at radius 1 is 1.03 bits per heavy atom. The lowest BCUT2D eigenvalue weighted by atomic mass is 10.2. The Hall–Kier alpha value is -3.35. The van der Waals surface area contributed by atoms with Crippen LogP contribution < -0.4 is 10.1 Å². The summed E-state index contributed by atoms with van der Waals surface area (Å²) >= 11 is 12.3. The van der Waals surface area contributed by atoms with Gasteiger partial charge in [0, 0.05) is 10.6 Å². The highest BCUT2D eigenvalue weighted by atomic mass is 35.5. The number of rotatable bonds is 6. The van der Waals surface area contributed by atoms with Crippen molar-refractivity contribution in [2.45, 2.75) is 6.92 Å². The van der Waals surface area contributed by atoms with E-state index >= 15 is 0 Å². The molecule has 0 aliphatic carbocycles. The summed E-state index contributed by atoms with van der Waals surface area (Å²) in [5.74, 6) is 0.758. The highest BCUT2D eigenvalue weighted by Gasteiger charge is 2.20. The van der Waals surface area contributed by atoms with E-state index in [1.807, 2.05) is 43.3 Å². The molecule has 6 nitrogen and oxygen atoms in total. The zero-order valence-corrected chi connectivity index (χ0v) is 18.1. The van der Waals surface area contributed by atoms with Crippen LogP contribution in [-0.4, -0.2) is 27.3 Å². The van der Waals surface area contributed by atoms with Crippen LogP contribution in [0, 0.1) is 0 Å². The van der Waals surface area contributed by atoms with Crippen molar-refractivity contribution in [2.24, 2.45) is 0 Å². The third kappa shape index (κ3) is 4.71. The van der Waals surface area contributed by atoms with Crippen LogP contribution in [0.3, 0.4) is 0 Å². The SMILES string of the molecule is CCOc1ccc(-n2nc(C(=O)Nc3ccccc3Cl)nc2-c2cccc(Cl)c2)cc1. The maximum atomic E-state index is 12.8. The minimum atomic E-state index is -0.471. The maximum absolute atomic E-state index is 12.8. The number of carbonyl (C=O) groups excluding carboxylic acids is 1. The Morgan fingerprint density at radius 3 is 2.52 bits per heavy atom. The summed E-state index contributed by atoms with van der Waals surface area (Å²) in [6, 6.07) is 21.6. The summed E-state index contributed by atoms with van der Waals surface area (Å²) in [5, 5.41) is 8.19. The summed E-state index contributed by atoms with van der Waals surface area (Å²) in [4.78, 5) is 17.3. The standard InChI is InChI=1S/C23H18Cl2N4O2/c1-2-31-18-12-10-17(11-13-18)29-22(15-6-5-7-16(24)14-15)27-21(28-29)23(30)26-20-9-4-3-8-19(20)25/h3-14H,2H2,1H3,(H,26,30). The van der Waals surface area contributed by atoms with E-state index in [1.54, 1.807) is 41.1 Å². The summed E-state index contributed by atoms with van der Waals surface area (Å²) in [7, 11) is 0. The number of nitrogens with one attached hydrogen (secondary N) is 1. The monoisotopic (exact) mass is 452 g/mol. The molecular formula is C23H18Cl2N4O2. The molecule has 0 aliphatic rings. The summed E-state index contributed by atoms with van der Waals surface area (Å²) in [6.07, 6.45) is 0. The Morgan fingerprint density at radius 2 is 1.81 bits per heavy atom. The molecule has 0 fully saturated rings. The zero-order valence-electron chi connectivity index (χ0n) is 16.5. The van der Waals surface area contributed by atoms with Crippen LogP contribution in [0.25, 0.3) is 17.1 Å². The minimum Gasteiger partial charge on any atom is -0.494 e. The van der Waals surface area contributed by atoms with Gasteiger partial charge < -0.3 is 10.1 Å². The van der Waals surface area contributed by atoms with Crippen LogP contribution in [0.2, 0.25) is 10.0 Å². The molecule has 31 heavy (non-hydrogen) atoms. The normalized spacial score (nSPS) is 10.7. The van der Waals surface area contributed by atoms with Gasteiger partial charge in [-0.05, 0) is 55.5 Å². The first-order valence-corrected chi connectivity index (χ1v) is 10.3. The summed E-state index contributed by atoms with van der Waals surface area (Å²) in [6.45, 7) is 2.50. The molecule has 1 heterocycles. The molecule has 4 rings (SSSR count). The largest absolute Gasteiger partial charge is 0.494 e. The average molecular weight is 453 g/mol. The van der Waals surface area contributed by atoms with E-state index in [0.717, 1.165) is 17.0 Å². The van der Waals surface area contributed by atoms with Crippen LogP contribution in [0.4, 0.5) is 5.69 Å². The first-order chi connectivity index (χ1) is 15.0. The number of ether oxygens (including phenoxy) is 1. The lowest BCUT2D eigenvalue weighted by Crippen LogP contribution is -2.14. The molecule has 0 saturated carbocycles. The van der Waals surface area contributed by atoms with E-state index in [0.29, 0.717) is 28.2 Å². The van der Waals surface area contributed by atoms with E-state index in [9.17, 15) is 4.79 Å². The van der Waals surface area contributed by atoms with Gasteiger partial charge >= 0.3 is 0 Å². The smallest absolute Gasteiger partial charge is 0.295 e. The van der Waals surface area contributed by atoms with Crippen molar-refractivity contribution in [3.63, 3.8) is 0 Å². The number of halogens is 2. The van der Waals surface area contributed by atoms with Crippen molar-refractivity contribution >= 4 is 34.8 Å². The molecule has 3 aromatic carbocycles. The molecule has 0 spiro atoms. The van der Waals surface area contributed by atoms with Crippen LogP contribution in [0.5, 0.6) is 5.75 Å². The first-order valence-electron chi connectivity index (χ1n) is 9.57. The van der Waals surface area contributed by atoms with Gasteiger partial charge in [0.05, 0.1) is 23.0 Å². The van der Waals surface area contributed by atoms with Gasteiger partial charge in [0.25, 0.3) is 5.91 Å². The molecule has 0 unspecified atom stereocenters. The Bertz CT molecular complexity index is 1220. The molecule has 8 heteroatoms. The van der Waals surface area contributed by atoms with Crippen molar-refractivity contribution in [2.75, 3.05) is 11.9 Å². The summed E-state index contributed by atoms with van der Waals surface area (Å²) < 4.78 is 7.11. The number of para-hydroxylation sites is 1. The van der Waals surface area contributed by atoms with Gasteiger partial charge in [-0.2, -0.15) is 0 Å². The van der Waals surface area contributed by atoms with Gasteiger partial charge in [0.2, 0.25) is 5.82 Å². The molecule has 0 bridgehead atoms. The maximum Gasteiger partial charge on any atom is 0.295 e. The number of benzene rings is 3. The van der Waals surface area contributed by atoms with Crippen molar-refractivity contribution in [3.8, 4) is 22.8 Å². The van der Waals surface area contributed by atoms with Crippen molar-refractivity contribution in [3.05, 3.63) is 88.7 Å². The van der Waals surface area contributed by atoms with E-state index in [2.05, 4.69) is 15.4 Å². The molecule has 0 radical (unpaired) electrons. The number of aromatic nitrogens is 3. The van der Waals surface area contributed by atoms with Crippen molar-refractivity contribution < 1.29 is 9.53 Å². The number of hydrogen-bond acceptors (Lipinski definition) is 4. The van der Waals surface area contributed by atoms with E-state index in [4.69, 9.17) is 27.9 Å². The summed E-state index contributed by atoms with van der Waals surface area (Å²) in [5.41, 5.74) is 1.93. The molecule has 4 aromatic rings. The number of carbonyl (C=O) groups is 1. The second kappa shape index (κ2) is 9.20. The highest BCUT2D eigenvalue weighted by Crippen LogP contribution is 2.26. The number of amides is 1. The third-order valence-corrected chi connectivity index (χ3v) is 4.97. The second-order valence-electron chi connectivity index (χ2n) is 6.54. The zero-order chi connectivity index (χ0) is 21.8. The Labute approximate surface area is 189 Å². The fourth-order valence-corrected chi connectivity index (χ4v) is 3.37. The van der Waals surface area contributed by atoms with E-state index < -0.39 is 5.91 Å². The highest BCUT2D eigenvalue weighted by molar-refractivity contribution is 6.33. The van der Waals surface area contributed by atoms with Gasteiger partial charge in [0.15, 0.2) is 5.82 Å². The van der Waals surface area contributed by atoms with Crippen LogP contribution in [0.15, 0.2) is 72.8 Å². The van der Waals surface area contributed by atoms with Gasteiger partial charge in [-0.3, -0.25) is 4.79 Å². The second-order valence-corrected chi connectivity index (χ2v) is 7.39. The van der Waals surface area contributed by atoms with Gasteiger partial charge in [-0.15, -0.1) is 5.10 Å². The first kappa shape index (κ1) is 20.9. The number of hydrogen-bond donors (Lipinski definition) is 1. The molecule has 156 valence electrons. The van der Waals surface area contributed by atoms with Gasteiger partial charge in [0.1, 0.15) is 5.75 Å². The molecule has 0 aliphatic heterocycles.